The summed E-state index contributed by atoms with van der Waals surface area (Å²) in [7, 11) is 0. The summed E-state index contributed by atoms with van der Waals surface area (Å²) in [6, 6.07) is 2.99. The van der Waals surface area contributed by atoms with Crippen molar-refractivity contribution in [3.8, 4) is 5.75 Å². The van der Waals surface area contributed by atoms with E-state index in [9.17, 15) is 4.79 Å². The van der Waals surface area contributed by atoms with Gasteiger partial charge in [0, 0.05) is 18.1 Å². The van der Waals surface area contributed by atoms with Gasteiger partial charge in [0.05, 0.1) is 30.4 Å². The molecule has 2 aromatic rings. The number of rotatable bonds is 5. The first-order valence-corrected chi connectivity index (χ1v) is 9.01. The molecule has 1 aromatic heterocycles. The number of urea groups is 1. The van der Waals surface area contributed by atoms with Gasteiger partial charge in [0.15, 0.2) is 5.82 Å². The number of halogens is 1. The van der Waals surface area contributed by atoms with E-state index in [0.717, 1.165) is 24.3 Å². The molecular weight excluding hydrogens is 370 g/mol. The Hall–Kier alpha value is -2.42. The Balaban J connectivity index is 1.67. The Bertz CT molecular complexity index is 794. The van der Waals surface area contributed by atoms with Crippen LogP contribution in [-0.4, -0.2) is 48.4 Å². The predicted octanol–water partition coefficient (Wildman–Crippen LogP) is 2.76. The van der Waals surface area contributed by atoms with E-state index in [-0.39, 0.29) is 6.10 Å². The molecule has 0 spiro atoms. The summed E-state index contributed by atoms with van der Waals surface area (Å²) >= 11 is 6.21. The minimum atomic E-state index is -0.464. The van der Waals surface area contributed by atoms with Crippen molar-refractivity contribution in [2.24, 2.45) is 0 Å². The molecule has 1 fully saturated rings. The Labute approximate surface area is 162 Å². The van der Waals surface area contributed by atoms with Crippen LogP contribution in [0.1, 0.15) is 11.3 Å². The third-order valence-corrected chi connectivity index (χ3v) is 4.37. The maximum Gasteiger partial charge on any atom is 0.325 e. The predicted molar refractivity (Wildman–Crippen MR) is 104 cm³/mol. The minimum Gasteiger partial charge on any atom is -0.489 e. The summed E-state index contributed by atoms with van der Waals surface area (Å²) in [5, 5.41) is 9.15. The molecule has 27 heavy (non-hydrogen) atoms. The number of nitrogens with zero attached hydrogens (tertiary/aromatic N) is 2. The second-order valence-electron chi connectivity index (χ2n) is 6.23. The third-order valence-electron chi connectivity index (χ3n) is 3.96. The molecular formula is C18H22ClN5O3. The molecule has 2 amide bonds. The fourth-order valence-electron chi connectivity index (χ4n) is 2.51. The number of aryl methyl sites for hydroxylation is 2. The maximum absolute atomic E-state index is 12.3. The van der Waals surface area contributed by atoms with Gasteiger partial charge in [-0.05, 0) is 31.5 Å². The van der Waals surface area contributed by atoms with Crippen LogP contribution in [-0.2, 0) is 4.74 Å². The first kappa shape index (κ1) is 19.3. The van der Waals surface area contributed by atoms with Crippen molar-refractivity contribution in [3.05, 3.63) is 40.8 Å². The van der Waals surface area contributed by atoms with Crippen LogP contribution in [0.25, 0.3) is 0 Å². The van der Waals surface area contributed by atoms with Gasteiger partial charge in [-0.3, -0.25) is 10.3 Å². The number of carbonyl (C=O) groups is 1. The zero-order chi connectivity index (χ0) is 19.2. The van der Waals surface area contributed by atoms with Crippen molar-refractivity contribution >= 4 is 29.1 Å². The molecule has 0 radical (unpaired) electrons. The highest BCUT2D eigenvalue weighted by Crippen LogP contribution is 2.31. The molecule has 1 aliphatic heterocycles. The van der Waals surface area contributed by atoms with Gasteiger partial charge in [0.25, 0.3) is 0 Å². The maximum atomic E-state index is 12.3. The molecule has 3 N–H and O–H groups in total. The van der Waals surface area contributed by atoms with E-state index in [1.54, 1.807) is 18.3 Å². The molecule has 2 heterocycles. The summed E-state index contributed by atoms with van der Waals surface area (Å²) in [6.07, 6.45) is 3.02. The first-order chi connectivity index (χ1) is 13.0. The molecule has 0 aliphatic carbocycles. The molecule has 1 aliphatic rings. The largest absolute Gasteiger partial charge is 0.489 e. The Morgan fingerprint density at radius 1 is 1.33 bits per heavy atom. The summed E-state index contributed by atoms with van der Waals surface area (Å²) in [6.45, 7) is 6.28. The summed E-state index contributed by atoms with van der Waals surface area (Å²) in [4.78, 5) is 20.5. The normalized spacial score (nSPS) is 16.6. The number of benzene rings is 1. The quantitative estimate of drug-likeness (QED) is 0.725. The van der Waals surface area contributed by atoms with E-state index in [0.29, 0.717) is 35.5 Å². The number of morpholine rings is 1. The van der Waals surface area contributed by atoms with Gasteiger partial charge in [-0.15, -0.1) is 0 Å². The van der Waals surface area contributed by atoms with Crippen molar-refractivity contribution in [2.45, 2.75) is 20.0 Å². The fraction of sp³-hybridized carbons (Fsp3) is 0.389. The number of aromatic nitrogens is 2. The second kappa shape index (κ2) is 8.98. The number of hydrogen-bond acceptors (Lipinski definition) is 6. The molecule has 3 rings (SSSR count). The van der Waals surface area contributed by atoms with Crippen molar-refractivity contribution in [2.75, 3.05) is 36.9 Å². The molecule has 8 nitrogen and oxygen atoms in total. The highest BCUT2D eigenvalue weighted by molar-refractivity contribution is 6.31. The molecule has 0 unspecified atom stereocenters. The van der Waals surface area contributed by atoms with Gasteiger partial charge in [0.1, 0.15) is 18.5 Å². The van der Waals surface area contributed by atoms with Crippen LogP contribution in [0.5, 0.6) is 5.75 Å². The number of carbonyl (C=O) groups excluding carboxylic acids is 1. The number of anilines is 2. The topological polar surface area (TPSA) is 97.4 Å². The van der Waals surface area contributed by atoms with Gasteiger partial charge in [-0.1, -0.05) is 11.6 Å². The Morgan fingerprint density at radius 3 is 2.89 bits per heavy atom. The van der Waals surface area contributed by atoms with Crippen molar-refractivity contribution < 1.29 is 14.3 Å². The van der Waals surface area contributed by atoms with E-state index in [1.807, 2.05) is 13.8 Å². The van der Waals surface area contributed by atoms with Crippen LogP contribution in [0, 0.1) is 13.8 Å². The van der Waals surface area contributed by atoms with Gasteiger partial charge in [-0.25, -0.2) is 9.78 Å². The third kappa shape index (κ3) is 5.53. The van der Waals surface area contributed by atoms with Gasteiger partial charge in [-0.2, -0.15) is 0 Å². The monoisotopic (exact) mass is 391 g/mol. The lowest BCUT2D eigenvalue weighted by molar-refractivity contribution is 0.000341. The summed E-state index contributed by atoms with van der Waals surface area (Å²) < 4.78 is 11.5. The Morgan fingerprint density at radius 2 is 2.19 bits per heavy atom. The average molecular weight is 392 g/mol. The number of ether oxygens (including phenoxy) is 2. The van der Waals surface area contributed by atoms with Crippen LogP contribution in [0.4, 0.5) is 16.3 Å². The number of hydrogen-bond donors (Lipinski definition) is 3. The van der Waals surface area contributed by atoms with E-state index in [1.165, 1.54) is 6.20 Å². The first-order valence-electron chi connectivity index (χ1n) is 8.63. The van der Waals surface area contributed by atoms with Gasteiger partial charge in [0.2, 0.25) is 0 Å². The van der Waals surface area contributed by atoms with E-state index in [2.05, 4.69) is 25.9 Å². The van der Waals surface area contributed by atoms with Crippen molar-refractivity contribution in [1.29, 1.82) is 0 Å². The van der Waals surface area contributed by atoms with E-state index >= 15 is 0 Å². The fourth-order valence-corrected chi connectivity index (χ4v) is 2.67. The lowest BCUT2D eigenvalue weighted by Gasteiger charge is -2.24. The van der Waals surface area contributed by atoms with Crippen LogP contribution < -0.4 is 20.7 Å². The molecule has 1 saturated heterocycles. The zero-order valence-electron chi connectivity index (χ0n) is 15.2. The molecule has 1 aromatic carbocycles. The van der Waals surface area contributed by atoms with Crippen molar-refractivity contribution in [1.82, 2.24) is 15.3 Å². The van der Waals surface area contributed by atoms with E-state index in [4.69, 9.17) is 21.1 Å². The lowest BCUT2D eigenvalue weighted by atomic mass is 10.2. The van der Waals surface area contributed by atoms with Gasteiger partial charge >= 0.3 is 6.03 Å². The van der Waals surface area contributed by atoms with Crippen LogP contribution in [0.15, 0.2) is 24.5 Å². The molecule has 9 heteroatoms. The van der Waals surface area contributed by atoms with Crippen molar-refractivity contribution in [3.63, 3.8) is 0 Å². The number of amides is 2. The number of nitrogens with one attached hydrogen (secondary N) is 3. The minimum absolute atomic E-state index is 0.0424. The molecule has 1 atom stereocenters. The Kier molecular flexibility index (Phi) is 6.44. The molecule has 0 bridgehead atoms. The average Bonchev–Trinajstić information content (AvgIpc) is 2.66. The van der Waals surface area contributed by atoms with Crippen LogP contribution in [0.3, 0.4) is 0 Å². The summed E-state index contributed by atoms with van der Waals surface area (Å²) in [5.74, 6) is 0.872. The highest BCUT2D eigenvalue weighted by Gasteiger charge is 2.17. The molecule has 0 saturated carbocycles. The van der Waals surface area contributed by atoms with E-state index < -0.39 is 6.03 Å². The van der Waals surface area contributed by atoms with Crippen LogP contribution >= 0.6 is 11.6 Å². The zero-order valence-corrected chi connectivity index (χ0v) is 16.0. The van der Waals surface area contributed by atoms with Crippen LogP contribution in [0.2, 0.25) is 5.02 Å². The highest BCUT2D eigenvalue weighted by atomic mass is 35.5. The SMILES string of the molecule is Cc1cnc(NC(=O)Nc2cc(Cl)c(C)cc2OC[C@@H]2CNCCO2)cn1. The second-order valence-corrected chi connectivity index (χ2v) is 6.63. The lowest BCUT2D eigenvalue weighted by Crippen LogP contribution is -2.41. The van der Waals surface area contributed by atoms with Gasteiger partial charge < -0.3 is 20.1 Å². The standard InChI is InChI=1S/C18H22ClN5O3/c1-11-5-16(27-10-13-8-20-3-4-26-13)15(6-14(11)19)23-18(25)24-17-9-21-12(2)7-22-17/h5-7,9,13,20H,3-4,8,10H2,1-2H3,(H2,22,23,24,25)/t13-/m0/s1. The summed E-state index contributed by atoms with van der Waals surface area (Å²) in [5.41, 5.74) is 2.08. The molecule has 144 valence electrons. The smallest absolute Gasteiger partial charge is 0.325 e.